The molecule has 3 N–H and O–H groups in total. The molecule has 1 aromatic heterocycles. The lowest BCUT2D eigenvalue weighted by Gasteiger charge is -2.17. The van der Waals surface area contributed by atoms with Crippen LogP contribution in [0.5, 0.6) is 5.75 Å². The fourth-order valence-electron chi connectivity index (χ4n) is 5.21. The van der Waals surface area contributed by atoms with E-state index >= 15 is 0 Å². The minimum atomic E-state index is -0.627. The highest BCUT2D eigenvalue weighted by Crippen LogP contribution is 2.38. The number of carbonyl (C=O) groups is 3. The Hall–Kier alpha value is -5.97. The van der Waals surface area contributed by atoms with Gasteiger partial charge in [-0.1, -0.05) is 91.0 Å². The second-order valence-corrected chi connectivity index (χ2v) is 13.4. The summed E-state index contributed by atoms with van der Waals surface area (Å²) < 4.78 is 5.49. The van der Waals surface area contributed by atoms with Crippen molar-refractivity contribution in [2.45, 2.75) is 17.1 Å². The van der Waals surface area contributed by atoms with Crippen LogP contribution in [0.1, 0.15) is 32.3 Å². The van der Waals surface area contributed by atoms with E-state index in [0.29, 0.717) is 27.8 Å². The van der Waals surface area contributed by atoms with Crippen LogP contribution in [0.15, 0.2) is 149 Å². The number of rotatable bonds is 12. The second-order valence-electron chi connectivity index (χ2n) is 11.4. The zero-order chi connectivity index (χ0) is 35.6. The van der Waals surface area contributed by atoms with Crippen LogP contribution in [0.2, 0.25) is 0 Å². The van der Waals surface area contributed by atoms with Crippen LogP contribution >= 0.6 is 23.1 Å². The highest BCUT2D eigenvalue weighted by molar-refractivity contribution is 8.00. The number of benzene rings is 5. The molecule has 1 heterocycles. The lowest BCUT2D eigenvalue weighted by Crippen LogP contribution is -2.30. The van der Waals surface area contributed by atoms with Gasteiger partial charge in [0.25, 0.3) is 11.8 Å². The topological polar surface area (TPSA) is 109 Å². The van der Waals surface area contributed by atoms with Crippen LogP contribution in [-0.2, 0) is 9.59 Å². The number of methoxy groups -OCH3 is 1. The van der Waals surface area contributed by atoms with Crippen LogP contribution in [0.4, 0.5) is 10.8 Å². The van der Waals surface area contributed by atoms with Gasteiger partial charge in [0.05, 0.1) is 12.8 Å². The molecule has 1 unspecified atom stereocenters. The van der Waals surface area contributed by atoms with Gasteiger partial charge in [0, 0.05) is 27.1 Å². The van der Waals surface area contributed by atoms with Crippen LogP contribution < -0.4 is 20.7 Å². The van der Waals surface area contributed by atoms with Gasteiger partial charge in [-0.15, -0.1) is 23.1 Å². The molecule has 5 aromatic carbocycles. The number of nitrogens with one attached hydrogen (secondary N) is 3. The second kappa shape index (κ2) is 16.6. The van der Waals surface area contributed by atoms with Crippen molar-refractivity contribution >= 4 is 57.7 Å². The van der Waals surface area contributed by atoms with Crippen molar-refractivity contribution in [2.75, 3.05) is 17.7 Å². The van der Waals surface area contributed by atoms with Gasteiger partial charge in [-0.25, -0.2) is 4.98 Å². The summed E-state index contributed by atoms with van der Waals surface area (Å²) in [6, 6.07) is 40.7. The van der Waals surface area contributed by atoms with E-state index in [-0.39, 0.29) is 11.6 Å². The van der Waals surface area contributed by atoms with E-state index < -0.39 is 17.1 Å². The summed E-state index contributed by atoms with van der Waals surface area (Å²) in [7, 11) is 1.61. The number of hydrogen-bond donors (Lipinski definition) is 3. The molecular formula is C41H34N4O4S2. The molecule has 3 amide bonds. The molecule has 1 atom stereocenters. The number of ether oxygens (including phenoxy) is 1. The predicted octanol–water partition coefficient (Wildman–Crippen LogP) is 9.01. The van der Waals surface area contributed by atoms with Gasteiger partial charge < -0.3 is 20.7 Å². The van der Waals surface area contributed by atoms with Gasteiger partial charge in [-0.05, 0) is 72.2 Å². The van der Waals surface area contributed by atoms with Crippen LogP contribution in [0, 0.1) is 6.92 Å². The van der Waals surface area contributed by atoms with Crippen LogP contribution in [-0.4, -0.2) is 29.8 Å². The molecule has 0 fully saturated rings. The molecule has 0 saturated heterocycles. The molecule has 0 spiro atoms. The maximum Gasteiger partial charge on any atom is 0.272 e. The molecule has 0 aliphatic heterocycles. The van der Waals surface area contributed by atoms with E-state index in [9.17, 15) is 14.4 Å². The minimum absolute atomic E-state index is 0.0914. The number of aryl methyl sites for hydroxylation is 1. The Morgan fingerprint density at radius 2 is 1.51 bits per heavy atom. The summed E-state index contributed by atoms with van der Waals surface area (Å²) in [6.07, 6.45) is 1.66. The monoisotopic (exact) mass is 710 g/mol. The first-order chi connectivity index (χ1) is 24.9. The number of hydrogen-bond acceptors (Lipinski definition) is 7. The zero-order valence-electron chi connectivity index (χ0n) is 27.8. The Labute approximate surface area is 304 Å². The first kappa shape index (κ1) is 34.9. The molecule has 0 radical (unpaired) electrons. The Morgan fingerprint density at radius 3 is 2.27 bits per heavy atom. The number of anilines is 2. The Morgan fingerprint density at radius 1 is 0.804 bits per heavy atom. The SMILES string of the molecule is COc1ccccc1-c1csc(NC(=O)C(Sc2cccc(NC(=O)/C(=C/c3ccccc3C)NC(=O)c3ccccc3)c2)c2ccccc2)n1. The van der Waals surface area contributed by atoms with Crippen molar-refractivity contribution in [3.05, 3.63) is 167 Å². The minimum Gasteiger partial charge on any atom is -0.496 e. The third kappa shape index (κ3) is 8.99. The molecule has 254 valence electrons. The molecule has 10 heteroatoms. The highest BCUT2D eigenvalue weighted by Gasteiger charge is 2.24. The maximum absolute atomic E-state index is 13.9. The average molecular weight is 711 g/mol. The van der Waals surface area contributed by atoms with E-state index in [1.54, 1.807) is 49.6 Å². The third-order valence-electron chi connectivity index (χ3n) is 7.82. The van der Waals surface area contributed by atoms with Crippen LogP contribution in [0.3, 0.4) is 0 Å². The molecule has 51 heavy (non-hydrogen) atoms. The lowest BCUT2D eigenvalue weighted by atomic mass is 10.1. The van der Waals surface area contributed by atoms with Crippen molar-refractivity contribution < 1.29 is 19.1 Å². The van der Waals surface area contributed by atoms with Gasteiger partial charge in [-0.3, -0.25) is 14.4 Å². The summed E-state index contributed by atoms with van der Waals surface area (Å²) in [4.78, 5) is 46.1. The van der Waals surface area contributed by atoms with E-state index in [2.05, 4.69) is 20.9 Å². The normalized spacial score (nSPS) is 11.7. The van der Waals surface area contributed by atoms with E-state index in [1.807, 2.05) is 109 Å². The molecule has 0 aliphatic rings. The van der Waals surface area contributed by atoms with Gasteiger partial charge in [0.1, 0.15) is 16.7 Å². The molecule has 6 aromatic rings. The fourth-order valence-corrected chi connectivity index (χ4v) is 7.01. The van der Waals surface area contributed by atoms with E-state index in [4.69, 9.17) is 4.74 Å². The Bertz CT molecular complexity index is 2180. The molecule has 8 nitrogen and oxygen atoms in total. The molecular weight excluding hydrogens is 677 g/mol. The number of para-hydroxylation sites is 1. The van der Waals surface area contributed by atoms with Crippen molar-refractivity contribution in [3.63, 3.8) is 0 Å². The number of nitrogens with zero attached hydrogens (tertiary/aromatic N) is 1. The van der Waals surface area contributed by atoms with Gasteiger partial charge in [-0.2, -0.15) is 0 Å². The number of thiazole rings is 1. The summed E-state index contributed by atoms with van der Waals surface area (Å²) in [5, 5.41) is 10.4. The summed E-state index contributed by atoms with van der Waals surface area (Å²) in [5.41, 5.74) is 5.12. The smallest absolute Gasteiger partial charge is 0.272 e. The molecule has 0 aliphatic carbocycles. The molecule has 6 rings (SSSR count). The van der Waals surface area contributed by atoms with Crippen LogP contribution in [0.25, 0.3) is 17.3 Å². The lowest BCUT2D eigenvalue weighted by molar-refractivity contribution is -0.116. The number of aromatic nitrogens is 1. The zero-order valence-corrected chi connectivity index (χ0v) is 29.5. The highest BCUT2D eigenvalue weighted by atomic mass is 32.2. The summed E-state index contributed by atoms with van der Waals surface area (Å²) >= 11 is 2.69. The predicted molar refractivity (Wildman–Crippen MR) is 206 cm³/mol. The molecule has 0 saturated carbocycles. The fraction of sp³-hybridized carbons (Fsp3) is 0.0732. The Balaban J connectivity index is 1.22. The van der Waals surface area contributed by atoms with Gasteiger partial charge in [0.15, 0.2) is 5.13 Å². The largest absolute Gasteiger partial charge is 0.496 e. The van der Waals surface area contributed by atoms with Crippen molar-refractivity contribution in [3.8, 4) is 17.0 Å². The van der Waals surface area contributed by atoms with E-state index in [0.717, 1.165) is 27.1 Å². The number of carbonyl (C=O) groups excluding carboxylic acids is 3. The first-order valence-electron chi connectivity index (χ1n) is 16.0. The summed E-state index contributed by atoms with van der Waals surface area (Å²) in [5.74, 6) is -0.436. The standard InChI is InChI=1S/C41H34N4O4S2/c1-27-14-9-10-19-30(27)24-34(43-38(46)29-17-7-4-8-18-29)39(47)42-31-20-13-21-32(25-31)51-37(28-15-5-3-6-16-28)40(48)45-41-44-35(26-50-41)33-22-11-12-23-36(33)49-2/h3-26,37H,1-2H3,(H,42,47)(H,43,46)(H,44,45,48)/b34-24-. The maximum atomic E-state index is 13.9. The summed E-state index contributed by atoms with van der Waals surface area (Å²) in [6.45, 7) is 1.94. The van der Waals surface area contributed by atoms with Crippen molar-refractivity contribution in [1.82, 2.24) is 10.3 Å². The quantitative estimate of drug-likeness (QED) is 0.0864. The van der Waals surface area contributed by atoms with Crippen molar-refractivity contribution in [2.24, 2.45) is 0 Å². The average Bonchev–Trinajstić information content (AvgIpc) is 3.63. The number of thioether (sulfide) groups is 1. The van der Waals surface area contributed by atoms with Gasteiger partial charge in [0.2, 0.25) is 5.91 Å². The van der Waals surface area contributed by atoms with Gasteiger partial charge >= 0.3 is 0 Å². The number of amides is 3. The first-order valence-corrected chi connectivity index (χ1v) is 17.8. The molecule has 0 bridgehead atoms. The van der Waals surface area contributed by atoms with E-state index in [1.165, 1.54) is 23.1 Å². The Kier molecular flexibility index (Phi) is 11.4. The van der Waals surface area contributed by atoms with Crippen molar-refractivity contribution in [1.29, 1.82) is 0 Å². The third-order valence-corrected chi connectivity index (χ3v) is 9.83.